The zero-order chi connectivity index (χ0) is 11.5. The lowest BCUT2D eigenvalue weighted by Gasteiger charge is -2.23. The van der Waals surface area contributed by atoms with Crippen LogP contribution in [0.3, 0.4) is 0 Å². The number of nitrogens with one attached hydrogen (secondary N) is 1. The predicted molar refractivity (Wildman–Crippen MR) is 63.5 cm³/mol. The van der Waals surface area contributed by atoms with Gasteiger partial charge in [0.2, 0.25) is 0 Å². The van der Waals surface area contributed by atoms with Gasteiger partial charge in [0.15, 0.2) is 0 Å². The molecule has 2 unspecified atom stereocenters. The summed E-state index contributed by atoms with van der Waals surface area (Å²) in [4.78, 5) is 1.12. The van der Waals surface area contributed by atoms with Gasteiger partial charge in [-0.05, 0) is 26.0 Å². The first-order valence-corrected chi connectivity index (χ1v) is 5.96. The first kappa shape index (κ1) is 12.9. The maximum Gasteiger partial charge on any atom is 0.0973 e. The Hall–Kier alpha value is -0.130. The topological polar surface area (TPSA) is 52.5 Å². The lowest BCUT2D eigenvalue weighted by molar-refractivity contribution is 0.00112. The summed E-state index contributed by atoms with van der Waals surface area (Å²) in [5.41, 5.74) is -1.07. The van der Waals surface area contributed by atoms with E-state index in [2.05, 4.69) is 5.32 Å². The van der Waals surface area contributed by atoms with Gasteiger partial charge in [-0.3, -0.25) is 0 Å². The lowest BCUT2D eigenvalue weighted by Crippen LogP contribution is -2.41. The fraction of sp³-hybridized carbons (Fsp3) is 0.600. The number of thiophene rings is 1. The Kier molecular flexibility index (Phi) is 4.55. The molecule has 1 aromatic heterocycles. The number of rotatable bonds is 5. The minimum atomic E-state index is -1.07. The second-order valence-electron chi connectivity index (χ2n) is 3.90. The van der Waals surface area contributed by atoms with Crippen molar-refractivity contribution in [3.05, 3.63) is 21.3 Å². The highest BCUT2D eigenvalue weighted by Crippen LogP contribution is 2.26. The summed E-state index contributed by atoms with van der Waals surface area (Å²) in [5.74, 6) is 0. The third-order valence-electron chi connectivity index (χ3n) is 2.15. The summed E-state index contributed by atoms with van der Waals surface area (Å²) in [6.07, 6.45) is 0. The van der Waals surface area contributed by atoms with Gasteiger partial charge in [0.05, 0.1) is 16.5 Å². The smallest absolute Gasteiger partial charge is 0.0973 e. The van der Waals surface area contributed by atoms with E-state index >= 15 is 0 Å². The SMILES string of the molecule is CC(NCC(C)(O)CO)c1ccc(Cl)s1. The van der Waals surface area contributed by atoms with Crippen LogP contribution in [0.15, 0.2) is 12.1 Å². The molecule has 0 saturated carbocycles. The molecule has 0 aromatic carbocycles. The molecule has 1 heterocycles. The van der Waals surface area contributed by atoms with Crippen LogP contribution in [0.25, 0.3) is 0 Å². The van der Waals surface area contributed by atoms with Crippen molar-refractivity contribution >= 4 is 22.9 Å². The summed E-state index contributed by atoms with van der Waals surface area (Å²) in [7, 11) is 0. The van der Waals surface area contributed by atoms with E-state index < -0.39 is 5.60 Å². The first-order valence-electron chi connectivity index (χ1n) is 4.76. The van der Waals surface area contributed by atoms with Crippen molar-refractivity contribution in [1.82, 2.24) is 5.32 Å². The van der Waals surface area contributed by atoms with E-state index in [4.69, 9.17) is 16.7 Å². The molecular formula is C10H16ClNO2S. The molecule has 0 spiro atoms. The second-order valence-corrected chi connectivity index (χ2v) is 5.65. The molecule has 0 aliphatic carbocycles. The largest absolute Gasteiger partial charge is 0.393 e. The number of aliphatic hydroxyl groups is 2. The quantitative estimate of drug-likeness (QED) is 0.746. The van der Waals surface area contributed by atoms with E-state index in [1.165, 1.54) is 11.3 Å². The van der Waals surface area contributed by atoms with Crippen LogP contribution in [0.4, 0.5) is 0 Å². The molecule has 3 N–H and O–H groups in total. The van der Waals surface area contributed by atoms with Gasteiger partial charge in [0.1, 0.15) is 0 Å². The molecule has 5 heteroatoms. The normalized spacial score (nSPS) is 17.4. The fourth-order valence-electron chi connectivity index (χ4n) is 1.09. The standard InChI is InChI=1S/C10H16ClNO2S/c1-7(8-3-4-9(11)15-8)12-5-10(2,14)6-13/h3-4,7,12-14H,5-6H2,1-2H3. The Morgan fingerprint density at radius 1 is 1.60 bits per heavy atom. The van der Waals surface area contributed by atoms with Crippen LogP contribution < -0.4 is 5.32 Å². The van der Waals surface area contributed by atoms with E-state index in [1.54, 1.807) is 6.92 Å². The van der Waals surface area contributed by atoms with Crippen LogP contribution in [-0.2, 0) is 0 Å². The Balaban J connectivity index is 2.46. The summed E-state index contributed by atoms with van der Waals surface area (Å²) < 4.78 is 0.757. The van der Waals surface area contributed by atoms with E-state index in [0.717, 1.165) is 9.21 Å². The zero-order valence-electron chi connectivity index (χ0n) is 8.83. The van der Waals surface area contributed by atoms with E-state index in [1.807, 2.05) is 19.1 Å². The van der Waals surface area contributed by atoms with Gasteiger partial charge >= 0.3 is 0 Å². The van der Waals surface area contributed by atoms with Gasteiger partial charge in [0.25, 0.3) is 0 Å². The van der Waals surface area contributed by atoms with E-state index in [0.29, 0.717) is 6.54 Å². The molecule has 0 amide bonds. The third kappa shape index (κ3) is 4.09. The predicted octanol–water partition coefficient (Wildman–Crippen LogP) is 1.80. The Morgan fingerprint density at radius 3 is 2.73 bits per heavy atom. The molecule has 0 fully saturated rings. The highest BCUT2D eigenvalue weighted by molar-refractivity contribution is 7.16. The van der Waals surface area contributed by atoms with Crippen molar-refractivity contribution in [3.8, 4) is 0 Å². The highest BCUT2D eigenvalue weighted by Gasteiger charge is 2.20. The molecule has 1 rings (SSSR count). The van der Waals surface area contributed by atoms with Crippen molar-refractivity contribution in [2.75, 3.05) is 13.2 Å². The van der Waals surface area contributed by atoms with Crippen molar-refractivity contribution in [3.63, 3.8) is 0 Å². The Labute approximate surface area is 98.7 Å². The molecule has 0 bridgehead atoms. The number of halogens is 1. The summed E-state index contributed by atoms with van der Waals surface area (Å²) >= 11 is 7.34. The first-order chi connectivity index (χ1) is 6.94. The van der Waals surface area contributed by atoms with Crippen LogP contribution in [0.1, 0.15) is 24.8 Å². The number of aliphatic hydroxyl groups excluding tert-OH is 1. The van der Waals surface area contributed by atoms with Crippen molar-refractivity contribution in [1.29, 1.82) is 0 Å². The average Bonchev–Trinajstić information content (AvgIpc) is 2.61. The van der Waals surface area contributed by atoms with E-state index in [-0.39, 0.29) is 12.6 Å². The van der Waals surface area contributed by atoms with Gasteiger partial charge < -0.3 is 15.5 Å². The third-order valence-corrected chi connectivity index (χ3v) is 3.56. The average molecular weight is 250 g/mol. The van der Waals surface area contributed by atoms with Gasteiger partial charge in [-0.2, -0.15) is 0 Å². The van der Waals surface area contributed by atoms with Gasteiger partial charge in [-0.15, -0.1) is 11.3 Å². The van der Waals surface area contributed by atoms with Crippen molar-refractivity contribution < 1.29 is 10.2 Å². The maximum absolute atomic E-state index is 9.59. The van der Waals surface area contributed by atoms with Crippen molar-refractivity contribution in [2.45, 2.75) is 25.5 Å². The Morgan fingerprint density at radius 2 is 2.27 bits per heavy atom. The molecule has 0 saturated heterocycles. The monoisotopic (exact) mass is 249 g/mol. The minimum absolute atomic E-state index is 0.125. The van der Waals surface area contributed by atoms with E-state index in [9.17, 15) is 5.11 Å². The molecule has 15 heavy (non-hydrogen) atoms. The van der Waals surface area contributed by atoms with Crippen LogP contribution in [0, 0.1) is 0 Å². The van der Waals surface area contributed by atoms with Crippen LogP contribution in [-0.4, -0.2) is 29.0 Å². The fourth-order valence-corrected chi connectivity index (χ4v) is 2.18. The van der Waals surface area contributed by atoms with Crippen LogP contribution in [0.5, 0.6) is 0 Å². The lowest BCUT2D eigenvalue weighted by atomic mass is 10.1. The second kappa shape index (κ2) is 5.27. The molecule has 0 aliphatic rings. The van der Waals surface area contributed by atoms with Gasteiger partial charge in [0, 0.05) is 17.5 Å². The molecule has 0 aliphatic heterocycles. The zero-order valence-corrected chi connectivity index (χ0v) is 10.4. The van der Waals surface area contributed by atoms with Crippen LogP contribution in [0.2, 0.25) is 4.34 Å². The molecule has 86 valence electrons. The maximum atomic E-state index is 9.59. The van der Waals surface area contributed by atoms with Gasteiger partial charge in [-0.1, -0.05) is 11.6 Å². The van der Waals surface area contributed by atoms with Gasteiger partial charge in [-0.25, -0.2) is 0 Å². The Bertz CT molecular complexity index is 314. The number of hydrogen-bond acceptors (Lipinski definition) is 4. The molecule has 3 nitrogen and oxygen atoms in total. The van der Waals surface area contributed by atoms with Crippen LogP contribution >= 0.6 is 22.9 Å². The molecule has 0 radical (unpaired) electrons. The summed E-state index contributed by atoms with van der Waals surface area (Å²) in [6.45, 7) is 3.68. The molecule has 2 atom stereocenters. The molecule has 1 aromatic rings. The highest BCUT2D eigenvalue weighted by atomic mass is 35.5. The summed E-state index contributed by atoms with van der Waals surface area (Å²) in [5, 5.41) is 21.6. The summed E-state index contributed by atoms with van der Waals surface area (Å²) in [6, 6.07) is 3.93. The number of hydrogen-bond donors (Lipinski definition) is 3. The molecular weight excluding hydrogens is 234 g/mol. The van der Waals surface area contributed by atoms with Crippen molar-refractivity contribution in [2.24, 2.45) is 0 Å². The minimum Gasteiger partial charge on any atom is -0.393 e.